The van der Waals surface area contributed by atoms with Crippen LogP contribution in [0, 0.1) is 0 Å². The maximum atomic E-state index is 8.67. The van der Waals surface area contributed by atoms with Crippen LogP contribution in [0.25, 0.3) is 0 Å². The van der Waals surface area contributed by atoms with E-state index >= 15 is 0 Å². The van der Waals surface area contributed by atoms with E-state index in [0.717, 1.165) is 6.42 Å². The summed E-state index contributed by atoms with van der Waals surface area (Å²) in [6.45, 7) is 2.66. The van der Waals surface area contributed by atoms with Gasteiger partial charge >= 0.3 is 37.7 Å². The van der Waals surface area contributed by atoms with E-state index in [1.807, 2.05) is 0 Å². The van der Waals surface area contributed by atoms with Crippen LogP contribution in [0.1, 0.15) is 110 Å². The summed E-state index contributed by atoms with van der Waals surface area (Å²) in [7, 11) is -5.17. The molecule has 0 aromatic carbocycles. The molecule has 0 aliphatic carbocycles. The molecule has 0 heterocycles. The van der Waals surface area contributed by atoms with E-state index in [-0.39, 0.29) is 37.7 Å². The molecule has 148 valence electrons. The molecule has 25 heavy (non-hydrogen) atoms. The number of unbranched alkanes of at least 4 members (excludes halogenated alkanes) is 15. The van der Waals surface area contributed by atoms with Crippen molar-refractivity contribution in [3.05, 3.63) is 0 Å². The summed E-state index contributed by atoms with van der Waals surface area (Å²) >= 11 is 0. The molecule has 0 spiro atoms. The molecule has 7 heteroatoms. The van der Waals surface area contributed by atoms with Gasteiger partial charge in [0.25, 0.3) is 0 Å². The van der Waals surface area contributed by atoms with Gasteiger partial charge in [0.15, 0.2) is 0 Å². The predicted octanol–water partition coefficient (Wildman–Crippen LogP) is 4.52. The summed E-state index contributed by atoms with van der Waals surface area (Å²) in [5.74, 6) is 0. The second kappa shape index (κ2) is 25.1. The van der Waals surface area contributed by atoms with Crippen LogP contribution in [0.15, 0.2) is 0 Å². The zero-order valence-electron chi connectivity index (χ0n) is 16.2. The Morgan fingerprint density at radius 2 is 0.800 bits per heavy atom. The summed E-state index contributed by atoms with van der Waals surface area (Å²) in [4.78, 5) is 0. The maximum absolute atomic E-state index is 8.67. The first kappa shape index (κ1) is 30.8. The van der Waals surface area contributed by atoms with E-state index in [1.54, 1.807) is 0 Å². The molecule has 0 unspecified atom stereocenters. The van der Waals surface area contributed by atoms with Crippen LogP contribution >= 0.6 is 0 Å². The van der Waals surface area contributed by atoms with Crippen molar-refractivity contribution in [2.75, 3.05) is 6.61 Å². The normalized spacial score (nSPS) is 10.7. The van der Waals surface area contributed by atoms with E-state index < -0.39 is 10.4 Å². The van der Waals surface area contributed by atoms with Crippen molar-refractivity contribution in [3.63, 3.8) is 0 Å². The van der Waals surface area contributed by atoms with Gasteiger partial charge in [-0.1, -0.05) is 103 Å². The van der Waals surface area contributed by atoms with Gasteiger partial charge < -0.3 is 14.2 Å². The first-order valence-electron chi connectivity index (χ1n) is 9.69. The van der Waals surface area contributed by atoms with Gasteiger partial charge in [-0.3, -0.25) is 8.42 Å². The largest absolute Gasteiger partial charge is 2.00 e. The predicted molar refractivity (Wildman–Crippen MR) is 103 cm³/mol. The quantitative estimate of drug-likeness (QED) is 0.176. The first-order chi connectivity index (χ1) is 11.4. The van der Waals surface area contributed by atoms with E-state index in [4.69, 9.17) is 22.6 Å². The maximum Gasteiger partial charge on any atom is 2.00 e. The van der Waals surface area contributed by atoms with Crippen molar-refractivity contribution in [2.24, 2.45) is 0 Å². The monoisotopic (exact) mass is 406 g/mol. The Morgan fingerprint density at radius 1 is 0.600 bits per heavy atom. The van der Waals surface area contributed by atoms with Crippen LogP contribution < -0.4 is 0 Å². The fourth-order valence-electron chi connectivity index (χ4n) is 2.66. The van der Waals surface area contributed by atoms with Gasteiger partial charge in [0.1, 0.15) is 0 Å². The van der Waals surface area contributed by atoms with Gasteiger partial charge in [0.2, 0.25) is 0 Å². The molecule has 0 aromatic heterocycles. The molecule has 0 atom stereocenters. The van der Waals surface area contributed by atoms with Gasteiger partial charge in [0.05, 0.1) is 0 Å². The third-order valence-corrected chi connectivity index (χ3v) is 4.01. The molecule has 0 aliphatic heterocycles. The third kappa shape index (κ3) is 45.8. The van der Waals surface area contributed by atoms with E-state index in [9.17, 15) is 0 Å². The number of aliphatic hydroxyl groups excluding tert-OH is 1. The minimum atomic E-state index is -5.17. The van der Waals surface area contributed by atoms with Crippen LogP contribution in [-0.4, -0.2) is 67.0 Å². The molecule has 1 N–H and O–H groups in total. The van der Waals surface area contributed by atoms with Crippen molar-refractivity contribution in [1.29, 1.82) is 0 Å². The summed E-state index contributed by atoms with van der Waals surface area (Å²) in [6, 6.07) is 0. The van der Waals surface area contributed by atoms with Crippen molar-refractivity contribution in [1.82, 2.24) is 0 Å². The SMILES string of the molecule is CCCCCCCCCCCCCCCCCCO.O=S(=O)([O-])[O-].[Ca+2]. The van der Waals surface area contributed by atoms with Gasteiger partial charge in [-0.05, 0) is 6.42 Å². The Labute approximate surface area is 185 Å². The average Bonchev–Trinajstić information content (AvgIpc) is 2.49. The van der Waals surface area contributed by atoms with Crippen LogP contribution in [0.4, 0.5) is 0 Å². The fourth-order valence-corrected chi connectivity index (χ4v) is 2.66. The van der Waals surface area contributed by atoms with Crippen LogP contribution in [0.5, 0.6) is 0 Å². The summed E-state index contributed by atoms with van der Waals surface area (Å²) < 4.78 is 34.1. The summed E-state index contributed by atoms with van der Waals surface area (Å²) in [5, 5.41) is 8.67. The molecule has 0 saturated carbocycles. The number of aliphatic hydroxyl groups is 1. The van der Waals surface area contributed by atoms with Crippen molar-refractivity contribution >= 4 is 48.1 Å². The number of rotatable bonds is 16. The minimum Gasteiger partial charge on any atom is -0.759 e. The van der Waals surface area contributed by atoms with Gasteiger partial charge in [-0.25, -0.2) is 0 Å². The molecule has 0 fully saturated rings. The molecule has 0 bridgehead atoms. The Hall–Kier alpha value is 1.09. The molecule has 5 nitrogen and oxygen atoms in total. The Balaban J connectivity index is -0.000000704. The average molecular weight is 407 g/mol. The fraction of sp³-hybridized carbons (Fsp3) is 1.00. The molecule has 0 aromatic rings. The molecule has 0 saturated heterocycles. The molecular formula is C18H38CaO5S. The van der Waals surface area contributed by atoms with Gasteiger partial charge in [-0.15, -0.1) is 0 Å². The van der Waals surface area contributed by atoms with Gasteiger partial charge in [-0.2, -0.15) is 0 Å². The van der Waals surface area contributed by atoms with Crippen molar-refractivity contribution < 1.29 is 22.6 Å². The summed E-state index contributed by atoms with van der Waals surface area (Å²) in [6.07, 6.45) is 22.2. The smallest absolute Gasteiger partial charge is 0.759 e. The van der Waals surface area contributed by atoms with E-state index in [2.05, 4.69) is 6.92 Å². The van der Waals surface area contributed by atoms with Crippen LogP contribution in [-0.2, 0) is 10.4 Å². The standard InChI is InChI=1S/C18H38O.Ca.H2O4S/c1-2-3-4-5-6-7-8-9-10-11-12-13-14-15-16-17-18-19;;1-5(2,3)4/h19H,2-18H2,1H3;;(H2,1,2,3,4)/q;+2;/p-2. The second-order valence-corrected chi connectivity index (χ2v) is 7.25. The van der Waals surface area contributed by atoms with E-state index in [0.29, 0.717) is 6.61 Å². The second-order valence-electron chi connectivity index (χ2n) is 6.44. The van der Waals surface area contributed by atoms with Crippen molar-refractivity contribution in [2.45, 2.75) is 110 Å². The molecular weight excluding hydrogens is 368 g/mol. The topological polar surface area (TPSA) is 100 Å². The third-order valence-electron chi connectivity index (χ3n) is 4.01. The molecule has 0 rings (SSSR count). The van der Waals surface area contributed by atoms with E-state index in [1.165, 1.54) is 96.3 Å². The summed E-state index contributed by atoms with van der Waals surface area (Å²) in [5.41, 5.74) is 0. The molecule has 0 radical (unpaired) electrons. The Kier molecular flexibility index (Phi) is 30.9. The Bertz CT molecular complexity index is 299. The first-order valence-corrected chi connectivity index (χ1v) is 11.0. The van der Waals surface area contributed by atoms with Crippen LogP contribution in [0.3, 0.4) is 0 Å². The zero-order valence-corrected chi connectivity index (χ0v) is 19.2. The molecule has 0 amide bonds. The number of hydrogen-bond acceptors (Lipinski definition) is 5. The number of hydrogen-bond donors (Lipinski definition) is 1. The van der Waals surface area contributed by atoms with Crippen LogP contribution in [0.2, 0.25) is 0 Å². The van der Waals surface area contributed by atoms with Gasteiger partial charge in [0, 0.05) is 17.0 Å². The minimum absolute atomic E-state index is 0. The Morgan fingerprint density at radius 3 is 1.00 bits per heavy atom. The zero-order chi connectivity index (χ0) is 18.5. The molecule has 0 aliphatic rings. The van der Waals surface area contributed by atoms with Crippen molar-refractivity contribution in [3.8, 4) is 0 Å².